The van der Waals surface area contributed by atoms with Gasteiger partial charge in [-0.1, -0.05) is 0 Å². The van der Waals surface area contributed by atoms with E-state index in [1.54, 1.807) is 0 Å². The van der Waals surface area contributed by atoms with Crippen molar-refractivity contribution < 1.29 is 27.8 Å². The molecule has 2 rings (SSSR count). The van der Waals surface area contributed by atoms with Crippen molar-refractivity contribution in [2.75, 3.05) is 0 Å². The van der Waals surface area contributed by atoms with Gasteiger partial charge in [-0.25, -0.2) is 4.39 Å². The predicted molar refractivity (Wildman–Crippen MR) is 58.0 cm³/mol. The average Bonchev–Trinajstić information content (AvgIpc) is 2.31. The van der Waals surface area contributed by atoms with Crippen LogP contribution in [0.5, 0.6) is 11.5 Å². The van der Waals surface area contributed by atoms with E-state index in [0.717, 1.165) is 12.1 Å². The van der Waals surface area contributed by atoms with Gasteiger partial charge in [-0.2, -0.15) is 13.2 Å². The molecule has 0 spiro atoms. The fourth-order valence-corrected chi connectivity index (χ4v) is 1.48. The number of pyridine rings is 1. The highest BCUT2D eigenvalue weighted by Gasteiger charge is 2.32. The maximum absolute atomic E-state index is 13.6. The van der Waals surface area contributed by atoms with Crippen molar-refractivity contribution >= 4 is 0 Å². The van der Waals surface area contributed by atoms with Gasteiger partial charge in [-0.3, -0.25) is 4.98 Å². The Bertz CT molecular complexity index is 626. The van der Waals surface area contributed by atoms with Crippen molar-refractivity contribution in [1.82, 2.24) is 4.98 Å². The number of aromatic hydroxyl groups is 2. The number of phenols is 2. The van der Waals surface area contributed by atoms with Crippen LogP contribution in [0.25, 0.3) is 11.3 Å². The number of alkyl halides is 3. The number of benzene rings is 1. The van der Waals surface area contributed by atoms with Gasteiger partial charge in [0.15, 0.2) is 11.5 Å². The first kappa shape index (κ1) is 13.1. The van der Waals surface area contributed by atoms with Crippen LogP contribution in [0.1, 0.15) is 5.56 Å². The lowest BCUT2D eigenvalue weighted by molar-refractivity contribution is -0.138. The Morgan fingerprint density at radius 3 is 2.21 bits per heavy atom. The van der Waals surface area contributed by atoms with E-state index in [1.165, 1.54) is 6.07 Å². The van der Waals surface area contributed by atoms with E-state index in [1.807, 2.05) is 0 Å². The number of hydrogen-bond donors (Lipinski definition) is 2. The molecule has 1 heterocycles. The third kappa shape index (κ3) is 2.59. The molecule has 3 nitrogen and oxygen atoms in total. The maximum atomic E-state index is 13.6. The number of hydrogen-bond acceptors (Lipinski definition) is 3. The SMILES string of the molecule is Oc1ccc(-c2ncc(C(F)(F)F)cc2F)cc1O. The van der Waals surface area contributed by atoms with E-state index in [2.05, 4.69) is 4.98 Å². The smallest absolute Gasteiger partial charge is 0.417 e. The van der Waals surface area contributed by atoms with Gasteiger partial charge in [0, 0.05) is 11.8 Å². The molecule has 0 saturated heterocycles. The summed E-state index contributed by atoms with van der Waals surface area (Å²) in [6.07, 6.45) is -4.17. The van der Waals surface area contributed by atoms with Crippen molar-refractivity contribution in [2.24, 2.45) is 0 Å². The second kappa shape index (κ2) is 4.42. The van der Waals surface area contributed by atoms with Crippen LogP contribution in [0.4, 0.5) is 17.6 Å². The monoisotopic (exact) mass is 273 g/mol. The molecule has 0 saturated carbocycles. The van der Waals surface area contributed by atoms with Crippen molar-refractivity contribution in [3.05, 3.63) is 41.8 Å². The van der Waals surface area contributed by atoms with Crippen LogP contribution in [-0.2, 0) is 6.18 Å². The summed E-state index contributed by atoms with van der Waals surface area (Å²) in [5.41, 5.74) is -1.48. The molecule has 0 aliphatic rings. The minimum Gasteiger partial charge on any atom is -0.504 e. The first-order valence-corrected chi connectivity index (χ1v) is 5.04. The Morgan fingerprint density at radius 2 is 1.68 bits per heavy atom. The van der Waals surface area contributed by atoms with Gasteiger partial charge in [0.1, 0.15) is 11.5 Å². The topological polar surface area (TPSA) is 53.4 Å². The normalized spacial score (nSPS) is 11.6. The lowest BCUT2D eigenvalue weighted by atomic mass is 10.1. The van der Waals surface area contributed by atoms with Crippen LogP contribution in [-0.4, -0.2) is 15.2 Å². The number of nitrogens with zero attached hydrogens (tertiary/aromatic N) is 1. The Hall–Kier alpha value is -2.31. The second-order valence-corrected chi connectivity index (χ2v) is 3.76. The van der Waals surface area contributed by atoms with Crippen molar-refractivity contribution in [3.8, 4) is 22.8 Å². The van der Waals surface area contributed by atoms with Crippen molar-refractivity contribution in [1.29, 1.82) is 0 Å². The lowest BCUT2D eigenvalue weighted by Crippen LogP contribution is -2.06. The zero-order chi connectivity index (χ0) is 14.2. The molecule has 1 aromatic carbocycles. The molecule has 0 fully saturated rings. The van der Waals surface area contributed by atoms with Gasteiger partial charge in [0.2, 0.25) is 0 Å². The summed E-state index contributed by atoms with van der Waals surface area (Å²) in [4.78, 5) is 3.40. The zero-order valence-electron chi connectivity index (χ0n) is 9.24. The predicted octanol–water partition coefficient (Wildman–Crippen LogP) is 3.32. The van der Waals surface area contributed by atoms with Crippen LogP contribution in [0.15, 0.2) is 30.5 Å². The molecular weight excluding hydrogens is 266 g/mol. The van der Waals surface area contributed by atoms with Gasteiger partial charge in [-0.15, -0.1) is 0 Å². The van der Waals surface area contributed by atoms with Crippen LogP contribution in [0.2, 0.25) is 0 Å². The van der Waals surface area contributed by atoms with Gasteiger partial charge >= 0.3 is 6.18 Å². The molecule has 0 aliphatic heterocycles. The Kier molecular flexibility index (Phi) is 3.05. The van der Waals surface area contributed by atoms with E-state index < -0.39 is 29.1 Å². The van der Waals surface area contributed by atoms with E-state index in [4.69, 9.17) is 5.11 Å². The molecule has 0 unspecified atom stereocenters. The highest BCUT2D eigenvalue weighted by atomic mass is 19.4. The summed E-state index contributed by atoms with van der Waals surface area (Å²) in [5, 5.41) is 18.4. The molecular formula is C12H7F4NO2. The number of rotatable bonds is 1. The van der Waals surface area contributed by atoms with Gasteiger partial charge in [0.25, 0.3) is 0 Å². The molecule has 0 amide bonds. The van der Waals surface area contributed by atoms with Crippen LogP contribution in [0, 0.1) is 5.82 Å². The minimum absolute atomic E-state index is 0.0570. The van der Waals surface area contributed by atoms with Gasteiger partial charge in [0.05, 0.1) is 5.56 Å². The quantitative estimate of drug-likeness (QED) is 0.619. The summed E-state index contributed by atoms with van der Waals surface area (Å²) in [6, 6.07) is 3.65. The summed E-state index contributed by atoms with van der Waals surface area (Å²) in [5.74, 6) is -2.10. The lowest BCUT2D eigenvalue weighted by Gasteiger charge is -2.09. The standard InChI is InChI=1S/C12H7F4NO2/c13-8-4-7(12(14,15)16)5-17-11(8)6-1-2-9(18)10(19)3-6/h1-5,18-19H. The number of halogens is 4. The van der Waals surface area contributed by atoms with E-state index >= 15 is 0 Å². The highest BCUT2D eigenvalue weighted by molar-refractivity contribution is 5.64. The van der Waals surface area contributed by atoms with Crippen LogP contribution in [0.3, 0.4) is 0 Å². The molecule has 0 radical (unpaired) electrons. The zero-order valence-corrected chi connectivity index (χ0v) is 9.24. The summed E-state index contributed by atoms with van der Waals surface area (Å²) in [7, 11) is 0. The minimum atomic E-state index is -4.68. The Labute approximate surface area is 104 Å². The highest BCUT2D eigenvalue weighted by Crippen LogP contribution is 2.33. The second-order valence-electron chi connectivity index (χ2n) is 3.76. The van der Waals surface area contributed by atoms with E-state index in [-0.39, 0.29) is 11.3 Å². The fraction of sp³-hybridized carbons (Fsp3) is 0.0833. The Morgan fingerprint density at radius 1 is 1.00 bits per heavy atom. The van der Waals surface area contributed by atoms with E-state index in [0.29, 0.717) is 12.3 Å². The molecule has 0 atom stereocenters. The molecule has 100 valence electrons. The largest absolute Gasteiger partial charge is 0.504 e. The number of phenolic OH excluding ortho intramolecular Hbond substituents is 2. The maximum Gasteiger partial charge on any atom is 0.417 e. The first-order chi connectivity index (χ1) is 8.79. The third-order valence-electron chi connectivity index (χ3n) is 2.42. The average molecular weight is 273 g/mol. The molecule has 2 N–H and O–H groups in total. The Balaban J connectivity index is 2.49. The van der Waals surface area contributed by atoms with Gasteiger partial charge < -0.3 is 10.2 Å². The van der Waals surface area contributed by atoms with E-state index in [9.17, 15) is 22.7 Å². The third-order valence-corrected chi connectivity index (χ3v) is 2.42. The molecule has 19 heavy (non-hydrogen) atoms. The molecule has 0 bridgehead atoms. The molecule has 0 aliphatic carbocycles. The number of aromatic nitrogens is 1. The molecule has 7 heteroatoms. The first-order valence-electron chi connectivity index (χ1n) is 5.04. The summed E-state index contributed by atoms with van der Waals surface area (Å²) >= 11 is 0. The summed E-state index contributed by atoms with van der Waals surface area (Å²) in [6.45, 7) is 0. The van der Waals surface area contributed by atoms with Crippen LogP contribution >= 0.6 is 0 Å². The van der Waals surface area contributed by atoms with Gasteiger partial charge in [-0.05, 0) is 24.3 Å². The molecule has 1 aromatic heterocycles. The van der Waals surface area contributed by atoms with Crippen LogP contribution < -0.4 is 0 Å². The summed E-state index contributed by atoms with van der Waals surface area (Å²) < 4.78 is 50.6. The van der Waals surface area contributed by atoms with Crippen molar-refractivity contribution in [3.63, 3.8) is 0 Å². The fourth-order valence-electron chi connectivity index (χ4n) is 1.48. The molecule has 2 aromatic rings. The van der Waals surface area contributed by atoms with Crippen molar-refractivity contribution in [2.45, 2.75) is 6.18 Å².